The van der Waals surface area contributed by atoms with E-state index in [2.05, 4.69) is 25.1 Å². The first kappa shape index (κ1) is 17.3. The summed E-state index contributed by atoms with van der Waals surface area (Å²) in [5.74, 6) is -0.0321. The highest BCUT2D eigenvalue weighted by Crippen LogP contribution is 2.33. The maximum absolute atomic E-state index is 13.1. The summed E-state index contributed by atoms with van der Waals surface area (Å²) in [6, 6.07) is 12.6. The first-order valence-corrected chi connectivity index (χ1v) is 10.3. The highest BCUT2D eigenvalue weighted by atomic mass is 32.1. The summed E-state index contributed by atoms with van der Waals surface area (Å²) in [7, 11) is 0. The molecule has 1 aliphatic carbocycles. The maximum Gasteiger partial charge on any atom is 0.228 e. The molecule has 136 valence electrons. The fraction of sp³-hybridized carbons (Fsp3) is 0.429. The molecule has 1 atom stereocenters. The molecule has 26 heavy (non-hydrogen) atoms. The summed E-state index contributed by atoms with van der Waals surface area (Å²) in [6.07, 6.45) is 3.47. The lowest BCUT2D eigenvalue weighted by Crippen LogP contribution is -2.38. The number of carbonyl (C=O) groups excluding carboxylic acids is 2. The lowest BCUT2D eigenvalue weighted by Gasteiger charge is -2.25. The molecular formula is C21H24N2O2S. The highest BCUT2D eigenvalue weighted by Gasteiger charge is 2.41. The van der Waals surface area contributed by atoms with Crippen LogP contribution in [0.1, 0.15) is 36.6 Å². The Hall–Kier alpha value is -2.14. The van der Waals surface area contributed by atoms with Crippen LogP contribution in [0.4, 0.5) is 5.69 Å². The van der Waals surface area contributed by atoms with Crippen LogP contribution in [0.15, 0.2) is 41.8 Å². The van der Waals surface area contributed by atoms with Crippen LogP contribution in [0, 0.1) is 5.92 Å². The SMILES string of the molecule is CCc1ccc(N2C[C@H](C(=O)N(Cc3cccs3)C3CC3)CC2=O)cc1. The number of carbonyl (C=O) groups is 2. The molecule has 4 rings (SSSR count). The second-order valence-electron chi connectivity index (χ2n) is 7.20. The number of hydrogen-bond donors (Lipinski definition) is 0. The summed E-state index contributed by atoms with van der Waals surface area (Å²) in [5.41, 5.74) is 2.16. The third-order valence-corrected chi connectivity index (χ3v) is 6.17. The molecule has 1 aliphatic heterocycles. The van der Waals surface area contributed by atoms with Crippen molar-refractivity contribution < 1.29 is 9.59 Å². The largest absolute Gasteiger partial charge is 0.334 e. The average molecular weight is 369 g/mol. The van der Waals surface area contributed by atoms with E-state index in [1.165, 1.54) is 10.4 Å². The van der Waals surface area contributed by atoms with E-state index in [0.717, 1.165) is 24.9 Å². The van der Waals surface area contributed by atoms with Gasteiger partial charge in [0.15, 0.2) is 0 Å². The molecule has 0 unspecified atom stereocenters. The van der Waals surface area contributed by atoms with Gasteiger partial charge in [-0.15, -0.1) is 11.3 Å². The predicted octanol–water partition coefficient (Wildman–Crippen LogP) is 3.85. The molecule has 2 amide bonds. The Balaban J connectivity index is 1.47. The van der Waals surface area contributed by atoms with Gasteiger partial charge in [0.25, 0.3) is 0 Å². The van der Waals surface area contributed by atoms with Crippen LogP contribution in [-0.4, -0.2) is 29.3 Å². The molecule has 0 radical (unpaired) electrons. The lowest BCUT2D eigenvalue weighted by molar-refractivity contribution is -0.137. The zero-order valence-electron chi connectivity index (χ0n) is 15.1. The monoisotopic (exact) mass is 368 g/mol. The molecule has 0 spiro atoms. The van der Waals surface area contributed by atoms with Crippen molar-refractivity contribution in [1.82, 2.24) is 4.90 Å². The van der Waals surface area contributed by atoms with Gasteiger partial charge >= 0.3 is 0 Å². The van der Waals surface area contributed by atoms with Crippen molar-refractivity contribution in [2.45, 2.75) is 45.2 Å². The number of aryl methyl sites for hydroxylation is 1. The van der Waals surface area contributed by atoms with Gasteiger partial charge in [0.05, 0.1) is 12.5 Å². The molecule has 4 nitrogen and oxygen atoms in total. The van der Waals surface area contributed by atoms with Crippen LogP contribution in [0.3, 0.4) is 0 Å². The normalized spacial score (nSPS) is 19.8. The third kappa shape index (κ3) is 3.54. The smallest absolute Gasteiger partial charge is 0.228 e. The second-order valence-corrected chi connectivity index (χ2v) is 8.23. The fourth-order valence-corrected chi connectivity index (χ4v) is 4.31. The van der Waals surface area contributed by atoms with Crippen molar-refractivity contribution in [3.8, 4) is 0 Å². The summed E-state index contributed by atoms with van der Waals surface area (Å²) in [6.45, 7) is 3.29. The number of benzene rings is 1. The van der Waals surface area contributed by atoms with Crippen molar-refractivity contribution >= 4 is 28.8 Å². The maximum atomic E-state index is 13.1. The van der Waals surface area contributed by atoms with Gasteiger partial charge in [-0.2, -0.15) is 0 Å². The number of rotatable bonds is 6. The minimum Gasteiger partial charge on any atom is -0.334 e. The Morgan fingerprint density at radius 1 is 1.23 bits per heavy atom. The average Bonchev–Trinajstić information content (AvgIpc) is 3.23. The molecule has 1 saturated heterocycles. The standard InChI is InChI=1S/C21H24N2O2S/c1-2-15-5-7-17(8-6-15)22-13-16(12-20(22)24)21(25)23(18-9-10-18)14-19-4-3-11-26-19/h3-8,11,16,18H,2,9-10,12-14H2,1H3/t16-/m1/s1. The number of anilines is 1. The number of hydrogen-bond acceptors (Lipinski definition) is 3. The van der Waals surface area contributed by atoms with Crippen molar-refractivity contribution in [1.29, 1.82) is 0 Å². The molecule has 5 heteroatoms. The van der Waals surface area contributed by atoms with E-state index in [1.54, 1.807) is 16.2 Å². The highest BCUT2D eigenvalue weighted by molar-refractivity contribution is 7.09. The van der Waals surface area contributed by atoms with E-state index in [-0.39, 0.29) is 17.7 Å². The van der Waals surface area contributed by atoms with Gasteiger partial charge in [0, 0.05) is 29.6 Å². The zero-order valence-corrected chi connectivity index (χ0v) is 15.9. The molecule has 2 aliphatic rings. The quantitative estimate of drug-likeness (QED) is 0.777. The Morgan fingerprint density at radius 3 is 2.62 bits per heavy atom. The van der Waals surface area contributed by atoms with Crippen LogP contribution in [-0.2, 0) is 22.6 Å². The summed E-state index contributed by atoms with van der Waals surface area (Å²) in [5, 5.41) is 2.05. The van der Waals surface area contributed by atoms with Crippen molar-refractivity contribution in [2.24, 2.45) is 5.92 Å². The summed E-state index contributed by atoms with van der Waals surface area (Å²) in [4.78, 5) is 30.6. The second kappa shape index (κ2) is 7.23. The van der Waals surface area contributed by atoms with Gasteiger partial charge in [-0.1, -0.05) is 25.1 Å². The minimum absolute atomic E-state index is 0.0551. The van der Waals surface area contributed by atoms with E-state index in [0.29, 0.717) is 25.6 Å². The van der Waals surface area contributed by atoms with Gasteiger partial charge in [-0.05, 0) is 48.4 Å². The van der Waals surface area contributed by atoms with E-state index in [1.807, 2.05) is 28.5 Å². The Bertz CT molecular complexity index is 781. The lowest BCUT2D eigenvalue weighted by atomic mass is 10.1. The molecule has 0 N–H and O–H groups in total. The van der Waals surface area contributed by atoms with Crippen LogP contribution in [0.25, 0.3) is 0 Å². The molecular weight excluding hydrogens is 344 g/mol. The first-order chi connectivity index (χ1) is 12.7. The Kier molecular flexibility index (Phi) is 4.81. The summed E-state index contributed by atoms with van der Waals surface area (Å²) >= 11 is 1.69. The summed E-state index contributed by atoms with van der Waals surface area (Å²) < 4.78 is 0. The van der Waals surface area contributed by atoms with Crippen LogP contribution < -0.4 is 4.90 Å². The van der Waals surface area contributed by atoms with Gasteiger partial charge in [0.1, 0.15) is 0 Å². The van der Waals surface area contributed by atoms with Gasteiger partial charge in [-0.3, -0.25) is 9.59 Å². The number of amides is 2. The molecule has 2 heterocycles. The first-order valence-electron chi connectivity index (χ1n) is 9.38. The third-order valence-electron chi connectivity index (χ3n) is 5.31. The fourth-order valence-electron chi connectivity index (χ4n) is 3.61. The zero-order chi connectivity index (χ0) is 18.1. The van der Waals surface area contributed by atoms with Crippen molar-refractivity contribution in [3.05, 3.63) is 52.2 Å². The van der Waals surface area contributed by atoms with Crippen LogP contribution in [0.2, 0.25) is 0 Å². The minimum atomic E-state index is -0.228. The van der Waals surface area contributed by atoms with E-state index in [9.17, 15) is 9.59 Å². The predicted molar refractivity (Wildman–Crippen MR) is 104 cm³/mol. The topological polar surface area (TPSA) is 40.6 Å². The number of thiophene rings is 1. The Labute approximate surface area is 158 Å². The van der Waals surface area contributed by atoms with E-state index in [4.69, 9.17) is 0 Å². The van der Waals surface area contributed by atoms with Crippen LogP contribution in [0.5, 0.6) is 0 Å². The number of nitrogens with zero attached hydrogens (tertiary/aromatic N) is 2. The molecule has 2 aromatic rings. The van der Waals surface area contributed by atoms with E-state index >= 15 is 0 Å². The molecule has 1 aromatic carbocycles. The van der Waals surface area contributed by atoms with Crippen LogP contribution >= 0.6 is 11.3 Å². The van der Waals surface area contributed by atoms with Gasteiger partial charge in [-0.25, -0.2) is 0 Å². The molecule has 0 bridgehead atoms. The van der Waals surface area contributed by atoms with Gasteiger partial charge < -0.3 is 9.80 Å². The molecule has 2 fully saturated rings. The Morgan fingerprint density at radius 2 is 2.00 bits per heavy atom. The van der Waals surface area contributed by atoms with Gasteiger partial charge in [0.2, 0.25) is 11.8 Å². The van der Waals surface area contributed by atoms with Crippen molar-refractivity contribution in [2.75, 3.05) is 11.4 Å². The molecule has 1 aromatic heterocycles. The van der Waals surface area contributed by atoms with Crippen molar-refractivity contribution in [3.63, 3.8) is 0 Å². The van der Waals surface area contributed by atoms with E-state index < -0.39 is 0 Å². The molecule has 1 saturated carbocycles.